The number of non-ortho nitro benzene ring substituents is 2. The van der Waals surface area contributed by atoms with Crippen molar-refractivity contribution in [3.63, 3.8) is 0 Å². The summed E-state index contributed by atoms with van der Waals surface area (Å²) in [6, 6.07) is 52.4. The first-order chi connectivity index (χ1) is 45.1. The van der Waals surface area contributed by atoms with Gasteiger partial charge in [0, 0.05) is 55.7 Å². The molecule has 7 aromatic rings. The van der Waals surface area contributed by atoms with Crippen LogP contribution in [0.5, 0.6) is 5.75 Å². The third-order valence-electron chi connectivity index (χ3n) is 19.9. The van der Waals surface area contributed by atoms with Crippen LogP contribution in [0.2, 0.25) is 0 Å². The number of benzene rings is 7. The van der Waals surface area contributed by atoms with Gasteiger partial charge in [-0.1, -0.05) is 143 Å². The van der Waals surface area contributed by atoms with Gasteiger partial charge in [-0.15, -0.1) is 0 Å². The van der Waals surface area contributed by atoms with E-state index < -0.39 is 16.7 Å². The van der Waals surface area contributed by atoms with Crippen LogP contribution in [-0.4, -0.2) is 68.5 Å². The summed E-state index contributed by atoms with van der Waals surface area (Å²) in [5.41, 5.74) is 17.2. The fraction of sp³-hybridized carbons (Fsp3) is 0.338. The van der Waals surface area contributed by atoms with E-state index in [9.17, 15) is 47.8 Å². The first-order valence-electron chi connectivity index (χ1n) is 32.7. The SMILES string of the molecule is CCCCC(CC)C(=O)N1CCC2=C(Cc3ccccc32)C1c1ccc([N+](=O)[O-])cc1.O=C(C1CCCC1)N1CCC2=C(Cc3ccccc32)C1c1ccc(C(F)(F)F)cc1.O=C(COc1ccccc1)N1CCC2=C(Cc3ccccc32)C1c1ccc([N+](=O)[O-])cc1. The highest BCUT2D eigenvalue weighted by Crippen LogP contribution is 2.51. The molecule has 0 aromatic heterocycles. The number of carbonyl (C=O) groups is 3. The Morgan fingerprint density at radius 2 is 0.946 bits per heavy atom. The lowest BCUT2D eigenvalue weighted by molar-refractivity contribution is -0.385. The summed E-state index contributed by atoms with van der Waals surface area (Å²) in [6.07, 6.45) is 8.35. The summed E-state index contributed by atoms with van der Waals surface area (Å²) in [7, 11) is 0. The predicted molar refractivity (Wildman–Crippen MR) is 353 cm³/mol. The fourth-order valence-corrected chi connectivity index (χ4v) is 15.3. The standard InChI is InChI=1S/C26H22N2O4.C26H30N2O3.C25H24F3NO/c29-25(17-32-21-7-2-1-3-8-21)27-15-14-23-22-9-5-4-6-19(22)16-24(23)26(27)18-10-12-20(13-11-18)28(30)31;1-3-5-8-18(4-2)26(29)27-16-15-23-22-10-7-6-9-20(22)17-24(23)25(27)19-11-13-21(14-12-19)28(30)31;26-25(27,28)19-11-9-16(10-12-19)23-22-15-18-7-3-4-8-20(18)21(22)13-14-29(23)24(30)17-5-1-2-6-17/h1-13,26H,14-17H2;6-7,9-14,18,25H,3-5,8,15-17H2,1-2H3;3-4,7-12,17,23H,1-2,5-6,13-15H2. The molecule has 93 heavy (non-hydrogen) atoms. The molecule has 16 heteroatoms. The molecule has 7 aromatic carbocycles. The van der Waals surface area contributed by atoms with Crippen LogP contribution in [0.25, 0.3) is 16.7 Å². The van der Waals surface area contributed by atoms with E-state index in [2.05, 4.69) is 67.3 Å². The van der Waals surface area contributed by atoms with Gasteiger partial charge >= 0.3 is 6.18 Å². The minimum Gasteiger partial charge on any atom is -0.484 e. The zero-order chi connectivity index (χ0) is 64.9. The molecular formula is C77H76F3N5O8. The first kappa shape index (κ1) is 63.7. The van der Waals surface area contributed by atoms with Gasteiger partial charge < -0.3 is 19.4 Å². The fourth-order valence-electron chi connectivity index (χ4n) is 15.3. The highest BCUT2D eigenvalue weighted by atomic mass is 19.4. The van der Waals surface area contributed by atoms with Gasteiger partial charge in [0.15, 0.2) is 6.61 Å². The zero-order valence-corrected chi connectivity index (χ0v) is 52.5. The number of rotatable bonds is 14. The van der Waals surface area contributed by atoms with Crippen molar-refractivity contribution >= 4 is 45.8 Å². The molecule has 0 spiro atoms. The predicted octanol–water partition coefficient (Wildman–Crippen LogP) is 17.2. The van der Waals surface area contributed by atoms with Gasteiger partial charge in [0.1, 0.15) is 5.75 Å². The van der Waals surface area contributed by atoms with Crippen LogP contribution >= 0.6 is 0 Å². The van der Waals surface area contributed by atoms with E-state index >= 15 is 0 Å². The Labute approximate surface area is 540 Å². The van der Waals surface area contributed by atoms with Crippen molar-refractivity contribution in [1.29, 1.82) is 0 Å². The van der Waals surface area contributed by atoms with E-state index in [0.29, 0.717) is 25.4 Å². The third-order valence-corrected chi connectivity index (χ3v) is 19.9. The lowest BCUT2D eigenvalue weighted by Gasteiger charge is -2.39. The summed E-state index contributed by atoms with van der Waals surface area (Å²) in [6.45, 7) is 6.09. The Kier molecular flexibility index (Phi) is 19.0. The average Bonchev–Trinajstić information content (AvgIpc) is 1.67. The van der Waals surface area contributed by atoms with Gasteiger partial charge in [0.05, 0.1) is 33.5 Å². The van der Waals surface area contributed by atoms with Crippen molar-refractivity contribution in [2.24, 2.45) is 11.8 Å². The van der Waals surface area contributed by atoms with Gasteiger partial charge in [-0.05, 0) is 196 Å². The van der Waals surface area contributed by atoms with E-state index in [1.807, 2.05) is 76.5 Å². The monoisotopic (exact) mass is 1260 g/mol. The van der Waals surface area contributed by atoms with E-state index in [1.165, 1.54) is 79.0 Å². The Hall–Kier alpha value is -9.44. The maximum absolute atomic E-state index is 13.7. The highest BCUT2D eigenvalue weighted by Gasteiger charge is 2.43. The number of carbonyl (C=O) groups excluding carboxylic acids is 3. The van der Waals surface area contributed by atoms with Gasteiger partial charge in [0.25, 0.3) is 17.3 Å². The second-order valence-corrected chi connectivity index (χ2v) is 25.3. The molecular weight excluding hydrogens is 1180 g/mol. The van der Waals surface area contributed by atoms with Crippen LogP contribution in [0.3, 0.4) is 0 Å². The number of alkyl halides is 3. The number of nitrogens with zero attached hydrogens (tertiary/aromatic N) is 5. The first-order valence-corrected chi connectivity index (χ1v) is 32.7. The van der Waals surface area contributed by atoms with E-state index in [0.717, 1.165) is 119 Å². The molecule has 3 amide bonds. The number of nitro groups is 2. The minimum atomic E-state index is -4.36. The third kappa shape index (κ3) is 13.3. The van der Waals surface area contributed by atoms with E-state index in [1.54, 1.807) is 36.4 Å². The average molecular weight is 1260 g/mol. The van der Waals surface area contributed by atoms with E-state index in [-0.39, 0.29) is 70.6 Å². The van der Waals surface area contributed by atoms with Gasteiger partial charge in [-0.3, -0.25) is 34.6 Å². The van der Waals surface area contributed by atoms with Crippen LogP contribution in [0.1, 0.15) is 158 Å². The number of hydrogen-bond donors (Lipinski definition) is 0. The zero-order valence-electron chi connectivity index (χ0n) is 52.5. The van der Waals surface area contributed by atoms with Crippen LogP contribution in [0, 0.1) is 32.1 Å². The van der Waals surface area contributed by atoms with Crippen molar-refractivity contribution in [3.8, 4) is 5.75 Å². The number of ether oxygens (including phenoxy) is 1. The van der Waals surface area contributed by atoms with Gasteiger partial charge in [-0.25, -0.2) is 0 Å². The van der Waals surface area contributed by atoms with Crippen molar-refractivity contribution in [3.05, 3.63) is 269 Å². The topological polar surface area (TPSA) is 156 Å². The number of amides is 3. The second kappa shape index (κ2) is 27.8. The molecule has 14 rings (SSSR count). The summed E-state index contributed by atoms with van der Waals surface area (Å²) in [4.78, 5) is 67.7. The summed E-state index contributed by atoms with van der Waals surface area (Å²) in [5, 5.41) is 22.3. The molecule has 0 radical (unpaired) electrons. The molecule has 3 aliphatic heterocycles. The van der Waals surface area contributed by atoms with Crippen molar-refractivity contribution in [2.45, 2.75) is 128 Å². The second-order valence-electron chi connectivity index (χ2n) is 25.3. The van der Waals surface area contributed by atoms with Crippen LogP contribution in [-0.2, 0) is 39.8 Å². The summed E-state index contributed by atoms with van der Waals surface area (Å²) >= 11 is 0. The molecule has 0 bridgehead atoms. The smallest absolute Gasteiger partial charge is 0.416 e. The molecule has 0 saturated heterocycles. The van der Waals surface area contributed by atoms with Gasteiger partial charge in [-0.2, -0.15) is 13.2 Å². The van der Waals surface area contributed by atoms with E-state index in [4.69, 9.17) is 4.74 Å². The molecule has 4 unspecified atom stereocenters. The molecule has 3 heterocycles. The molecule has 13 nitrogen and oxygen atoms in total. The number of hydrogen-bond acceptors (Lipinski definition) is 8. The summed E-state index contributed by atoms with van der Waals surface area (Å²) < 4.78 is 45.0. The highest BCUT2D eigenvalue weighted by molar-refractivity contribution is 5.87. The quantitative estimate of drug-likeness (QED) is 0.0769. The molecule has 1 fully saturated rings. The largest absolute Gasteiger partial charge is 0.484 e. The van der Waals surface area contributed by atoms with Crippen molar-refractivity contribution in [1.82, 2.24) is 14.7 Å². The molecule has 0 N–H and O–H groups in total. The van der Waals surface area contributed by atoms with Crippen molar-refractivity contribution < 1.29 is 42.1 Å². The Morgan fingerprint density at radius 1 is 0.538 bits per heavy atom. The number of unbranched alkanes of at least 4 members (excludes halogenated alkanes) is 1. The number of halogens is 3. The molecule has 4 aliphatic carbocycles. The molecule has 478 valence electrons. The Morgan fingerprint density at radius 3 is 1.39 bits per heavy atom. The summed E-state index contributed by atoms with van der Waals surface area (Å²) in [5.74, 6) is 1.03. The van der Waals surface area contributed by atoms with Crippen LogP contribution < -0.4 is 4.74 Å². The Balaban J connectivity index is 0.000000134. The maximum atomic E-state index is 13.7. The minimum absolute atomic E-state index is 0.0337. The number of fused-ring (bicyclic) bond motifs is 6. The number of para-hydroxylation sites is 1. The van der Waals surface area contributed by atoms with Crippen LogP contribution in [0.15, 0.2) is 193 Å². The molecule has 4 atom stereocenters. The number of nitro benzene ring substituents is 2. The lowest BCUT2D eigenvalue weighted by Crippen LogP contribution is -2.42. The molecule has 7 aliphatic rings. The normalized spacial score (nSPS) is 19.0. The molecule has 1 saturated carbocycles. The Bertz CT molecular complexity index is 4040. The lowest BCUT2D eigenvalue weighted by atomic mass is 9.86. The van der Waals surface area contributed by atoms with Crippen molar-refractivity contribution in [2.75, 3.05) is 26.2 Å². The van der Waals surface area contributed by atoms with Crippen LogP contribution in [0.4, 0.5) is 24.5 Å². The van der Waals surface area contributed by atoms with Gasteiger partial charge in [0.2, 0.25) is 11.8 Å². The maximum Gasteiger partial charge on any atom is 0.416 e.